The van der Waals surface area contributed by atoms with Gasteiger partial charge in [-0.05, 0) is 6.42 Å². The molecule has 0 unspecified atom stereocenters. The SMILES string of the molecule is CCCCC[C@@H](N)c1c(F)c(F)c(F)c(F)c1F. The van der Waals surface area contributed by atoms with Crippen molar-refractivity contribution >= 4 is 0 Å². The second kappa shape index (κ2) is 6.13. The fourth-order valence-corrected chi connectivity index (χ4v) is 1.71. The number of nitrogens with two attached hydrogens (primary N) is 1. The Morgan fingerprint density at radius 2 is 1.28 bits per heavy atom. The van der Waals surface area contributed by atoms with Gasteiger partial charge in [-0.2, -0.15) is 0 Å². The van der Waals surface area contributed by atoms with Gasteiger partial charge in [-0.15, -0.1) is 0 Å². The lowest BCUT2D eigenvalue weighted by Gasteiger charge is -2.15. The first-order valence-corrected chi connectivity index (χ1v) is 5.68. The van der Waals surface area contributed by atoms with Crippen LogP contribution in [-0.4, -0.2) is 0 Å². The topological polar surface area (TPSA) is 26.0 Å². The lowest BCUT2D eigenvalue weighted by atomic mass is 9.99. The Bertz CT molecular complexity index is 404. The van der Waals surface area contributed by atoms with E-state index in [0.29, 0.717) is 6.42 Å². The lowest BCUT2D eigenvalue weighted by molar-refractivity contribution is 0.361. The van der Waals surface area contributed by atoms with E-state index in [4.69, 9.17) is 5.73 Å². The van der Waals surface area contributed by atoms with Crippen LogP contribution in [0.1, 0.15) is 44.2 Å². The second-order valence-electron chi connectivity index (χ2n) is 4.09. The van der Waals surface area contributed by atoms with Crippen molar-refractivity contribution in [3.8, 4) is 0 Å². The second-order valence-corrected chi connectivity index (χ2v) is 4.09. The fourth-order valence-electron chi connectivity index (χ4n) is 1.71. The normalized spacial score (nSPS) is 12.8. The Morgan fingerprint density at radius 3 is 1.72 bits per heavy atom. The third-order valence-electron chi connectivity index (χ3n) is 2.73. The van der Waals surface area contributed by atoms with E-state index in [2.05, 4.69) is 0 Å². The predicted octanol–water partition coefficient (Wildman–Crippen LogP) is 3.96. The van der Waals surface area contributed by atoms with Crippen LogP contribution in [0.25, 0.3) is 0 Å². The highest BCUT2D eigenvalue weighted by Crippen LogP contribution is 2.28. The van der Waals surface area contributed by atoms with E-state index in [1.165, 1.54) is 0 Å². The molecule has 0 radical (unpaired) electrons. The highest BCUT2D eigenvalue weighted by atomic mass is 19.2. The van der Waals surface area contributed by atoms with Gasteiger partial charge in [0, 0.05) is 11.6 Å². The number of hydrogen-bond acceptors (Lipinski definition) is 1. The van der Waals surface area contributed by atoms with Crippen LogP contribution >= 0.6 is 0 Å². The van der Waals surface area contributed by atoms with Crippen LogP contribution < -0.4 is 5.73 Å². The van der Waals surface area contributed by atoms with Crippen LogP contribution in [0.2, 0.25) is 0 Å². The maximum atomic E-state index is 13.4. The van der Waals surface area contributed by atoms with E-state index in [9.17, 15) is 22.0 Å². The van der Waals surface area contributed by atoms with Crippen molar-refractivity contribution in [2.75, 3.05) is 0 Å². The molecule has 0 aliphatic carbocycles. The lowest BCUT2D eigenvalue weighted by Crippen LogP contribution is -2.18. The summed E-state index contributed by atoms with van der Waals surface area (Å²) in [5.41, 5.74) is 4.56. The molecule has 0 fully saturated rings. The Morgan fingerprint density at radius 1 is 0.833 bits per heavy atom. The minimum Gasteiger partial charge on any atom is -0.324 e. The number of benzene rings is 1. The van der Waals surface area contributed by atoms with Gasteiger partial charge in [-0.3, -0.25) is 0 Å². The third-order valence-corrected chi connectivity index (χ3v) is 2.73. The summed E-state index contributed by atoms with van der Waals surface area (Å²) in [6.07, 6.45) is 2.39. The monoisotopic (exact) mass is 267 g/mol. The smallest absolute Gasteiger partial charge is 0.200 e. The summed E-state index contributed by atoms with van der Waals surface area (Å²) >= 11 is 0. The summed E-state index contributed by atoms with van der Waals surface area (Å²) in [5.74, 6) is -9.73. The zero-order valence-corrected chi connectivity index (χ0v) is 9.87. The number of hydrogen-bond donors (Lipinski definition) is 1. The summed E-state index contributed by atoms with van der Waals surface area (Å²) in [6.45, 7) is 1.92. The standard InChI is InChI=1S/C12H14F5N/c1-2-3-4-5-6(18)7-8(13)10(15)12(17)11(16)9(7)14/h6H,2-5,18H2,1H3/t6-/m1/s1. The maximum Gasteiger partial charge on any atom is 0.200 e. The number of halogens is 5. The van der Waals surface area contributed by atoms with Gasteiger partial charge >= 0.3 is 0 Å². The van der Waals surface area contributed by atoms with Gasteiger partial charge in [0.05, 0.1) is 0 Å². The predicted molar refractivity (Wildman–Crippen MR) is 57.3 cm³/mol. The molecule has 0 spiro atoms. The quantitative estimate of drug-likeness (QED) is 0.371. The van der Waals surface area contributed by atoms with Gasteiger partial charge in [-0.25, -0.2) is 22.0 Å². The van der Waals surface area contributed by atoms with Crippen molar-refractivity contribution in [3.63, 3.8) is 0 Å². The van der Waals surface area contributed by atoms with Crippen molar-refractivity contribution in [3.05, 3.63) is 34.6 Å². The van der Waals surface area contributed by atoms with Crippen LogP contribution in [0.3, 0.4) is 0 Å². The van der Waals surface area contributed by atoms with Gasteiger partial charge in [-0.1, -0.05) is 26.2 Å². The average molecular weight is 267 g/mol. The van der Waals surface area contributed by atoms with E-state index >= 15 is 0 Å². The molecule has 2 N–H and O–H groups in total. The first-order valence-electron chi connectivity index (χ1n) is 5.68. The molecule has 0 aliphatic heterocycles. The zero-order valence-electron chi connectivity index (χ0n) is 9.87. The molecule has 6 heteroatoms. The number of unbranched alkanes of at least 4 members (excludes halogenated alkanes) is 2. The minimum absolute atomic E-state index is 0.173. The largest absolute Gasteiger partial charge is 0.324 e. The Hall–Kier alpha value is -1.17. The van der Waals surface area contributed by atoms with Crippen LogP contribution in [0, 0.1) is 29.1 Å². The minimum atomic E-state index is -2.16. The van der Waals surface area contributed by atoms with Crippen LogP contribution in [0.5, 0.6) is 0 Å². The van der Waals surface area contributed by atoms with Crippen LogP contribution in [0.4, 0.5) is 22.0 Å². The molecule has 0 aromatic heterocycles. The van der Waals surface area contributed by atoms with Crippen molar-refractivity contribution in [2.45, 2.75) is 38.6 Å². The summed E-state index contributed by atoms with van der Waals surface area (Å²) in [7, 11) is 0. The highest BCUT2D eigenvalue weighted by molar-refractivity contribution is 5.26. The Kier molecular flexibility index (Phi) is 5.07. The van der Waals surface area contributed by atoms with Crippen molar-refractivity contribution in [1.29, 1.82) is 0 Å². The molecule has 1 aromatic carbocycles. The molecule has 0 saturated heterocycles. The first kappa shape index (κ1) is 14.9. The summed E-state index contributed by atoms with van der Waals surface area (Å²) in [4.78, 5) is 0. The molecule has 18 heavy (non-hydrogen) atoms. The molecule has 0 amide bonds. The molecule has 0 heterocycles. The molecule has 1 rings (SSSR count). The Labute approximate surface area is 102 Å². The maximum absolute atomic E-state index is 13.4. The van der Waals surface area contributed by atoms with Gasteiger partial charge in [0.2, 0.25) is 5.82 Å². The number of rotatable bonds is 5. The van der Waals surface area contributed by atoms with Gasteiger partial charge in [0.1, 0.15) is 0 Å². The molecule has 102 valence electrons. The fraction of sp³-hybridized carbons (Fsp3) is 0.500. The molecular formula is C12H14F5N. The molecule has 1 nitrogen and oxygen atoms in total. The molecular weight excluding hydrogens is 253 g/mol. The van der Waals surface area contributed by atoms with Gasteiger partial charge < -0.3 is 5.73 Å². The first-order chi connectivity index (χ1) is 8.41. The molecule has 1 atom stereocenters. The van der Waals surface area contributed by atoms with Crippen molar-refractivity contribution in [2.24, 2.45) is 5.73 Å². The van der Waals surface area contributed by atoms with Gasteiger partial charge in [0.25, 0.3) is 0 Å². The van der Waals surface area contributed by atoms with Crippen LogP contribution in [-0.2, 0) is 0 Å². The van der Waals surface area contributed by atoms with Crippen LogP contribution in [0.15, 0.2) is 0 Å². The third kappa shape index (κ3) is 2.80. The molecule has 0 saturated carbocycles. The highest BCUT2D eigenvalue weighted by Gasteiger charge is 2.28. The van der Waals surface area contributed by atoms with E-state index < -0.39 is 40.7 Å². The Balaban J connectivity index is 3.08. The van der Waals surface area contributed by atoms with E-state index in [1.54, 1.807) is 0 Å². The average Bonchev–Trinajstić information content (AvgIpc) is 2.34. The summed E-state index contributed by atoms with van der Waals surface area (Å²) in [5, 5.41) is 0. The summed E-state index contributed by atoms with van der Waals surface area (Å²) < 4.78 is 65.4. The zero-order chi connectivity index (χ0) is 13.9. The van der Waals surface area contributed by atoms with E-state index in [-0.39, 0.29) is 6.42 Å². The summed E-state index contributed by atoms with van der Waals surface area (Å²) in [6, 6.07) is -1.19. The van der Waals surface area contributed by atoms with Crippen molar-refractivity contribution < 1.29 is 22.0 Å². The molecule has 0 aliphatic rings. The van der Waals surface area contributed by atoms with E-state index in [1.807, 2.05) is 6.92 Å². The molecule has 0 bridgehead atoms. The molecule has 1 aromatic rings. The van der Waals surface area contributed by atoms with Crippen molar-refractivity contribution in [1.82, 2.24) is 0 Å². The van der Waals surface area contributed by atoms with Gasteiger partial charge in [0.15, 0.2) is 23.3 Å². The van der Waals surface area contributed by atoms with E-state index in [0.717, 1.165) is 12.8 Å².